The van der Waals surface area contributed by atoms with Crippen LogP contribution < -0.4 is 4.90 Å². The van der Waals surface area contributed by atoms with Gasteiger partial charge in [0.2, 0.25) is 0 Å². The maximum Gasteiger partial charge on any atom is 0.306 e. The van der Waals surface area contributed by atoms with Gasteiger partial charge < -0.3 is 14.7 Å². The fourth-order valence-electron chi connectivity index (χ4n) is 2.25. The average molecular weight is 284 g/mol. The molecule has 0 aromatic heterocycles. The maximum absolute atomic E-state index is 11.0. The molecule has 4 nitrogen and oxygen atoms in total. The Morgan fingerprint density at radius 3 is 2.79 bits per heavy atom. The second-order valence-corrected chi connectivity index (χ2v) is 5.25. The van der Waals surface area contributed by atoms with Crippen molar-refractivity contribution in [3.05, 3.63) is 28.8 Å². The van der Waals surface area contributed by atoms with Crippen molar-refractivity contribution < 1.29 is 14.6 Å². The highest BCUT2D eigenvalue weighted by Crippen LogP contribution is 2.27. The molecule has 0 saturated carbocycles. The van der Waals surface area contributed by atoms with Crippen LogP contribution in [0.4, 0.5) is 5.69 Å². The molecule has 1 fully saturated rings. The van der Waals surface area contributed by atoms with Gasteiger partial charge in [-0.1, -0.05) is 18.5 Å². The first-order valence-electron chi connectivity index (χ1n) is 6.42. The van der Waals surface area contributed by atoms with Crippen molar-refractivity contribution in [1.82, 2.24) is 0 Å². The Kier molecular flexibility index (Phi) is 4.66. The molecule has 104 valence electrons. The van der Waals surface area contributed by atoms with Gasteiger partial charge in [-0.05, 0) is 30.2 Å². The number of anilines is 1. The van der Waals surface area contributed by atoms with Crippen molar-refractivity contribution >= 4 is 23.3 Å². The van der Waals surface area contributed by atoms with Crippen molar-refractivity contribution in [1.29, 1.82) is 0 Å². The number of morpholine rings is 1. The Hall–Kier alpha value is -1.26. The molecule has 0 aliphatic carbocycles. The van der Waals surface area contributed by atoms with Crippen LogP contribution in [0, 0.1) is 5.92 Å². The summed E-state index contributed by atoms with van der Waals surface area (Å²) in [6, 6.07) is 5.69. The summed E-state index contributed by atoms with van der Waals surface area (Å²) in [5.41, 5.74) is 2.06. The number of carboxylic acid groups (broad SMARTS) is 1. The van der Waals surface area contributed by atoms with E-state index in [1.165, 1.54) is 0 Å². The monoisotopic (exact) mass is 283 g/mol. The molecule has 5 heteroatoms. The van der Waals surface area contributed by atoms with E-state index in [4.69, 9.17) is 21.4 Å². The molecule has 1 unspecified atom stereocenters. The highest BCUT2D eigenvalue weighted by Gasteiger charge is 2.19. The summed E-state index contributed by atoms with van der Waals surface area (Å²) in [5, 5.41) is 9.69. The highest BCUT2D eigenvalue weighted by molar-refractivity contribution is 6.30. The molecule has 1 aromatic rings. The van der Waals surface area contributed by atoms with E-state index in [-0.39, 0.29) is 0 Å². The molecular formula is C14H18ClNO3. The fourth-order valence-corrected chi connectivity index (χ4v) is 2.44. The van der Waals surface area contributed by atoms with Crippen molar-refractivity contribution in [2.24, 2.45) is 5.92 Å². The van der Waals surface area contributed by atoms with Gasteiger partial charge >= 0.3 is 5.97 Å². The van der Waals surface area contributed by atoms with Crippen LogP contribution in [0.15, 0.2) is 18.2 Å². The first-order chi connectivity index (χ1) is 9.08. The highest BCUT2D eigenvalue weighted by atomic mass is 35.5. The lowest BCUT2D eigenvalue weighted by molar-refractivity contribution is -0.141. The van der Waals surface area contributed by atoms with Crippen LogP contribution in [0.3, 0.4) is 0 Å². The lowest BCUT2D eigenvalue weighted by Crippen LogP contribution is -2.37. The van der Waals surface area contributed by atoms with Gasteiger partial charge in [0, 0.05) is 23.8 Å². The van der Waals surface area contributed by atoms with Crippen molar-refractivity contribution in [3.8, 4) is 0 Å². The molecular weight excluding hydrogens is 266 g/mol. The molecule has 0 amide bonds. The normalized spacial score (nSPS) is 17.3. The van der Waals surface area contributed by atoms with Gasteiger partial charge in [0.25, 0.3) is 0 Å². The van der Waals surface area contributed by atoms with E-state index in [1.807, 2.05) is 18.2 Å². The molecule has 19 heavy (non-hydrogen) atoms. The van der Waals surface area contributed by atoms with Crippen molar-refractivity contribution in [3.63, 3.8) is 0 Å². The third kappa shape index (κ3) is 3.61. The van der Waals surface area contributed by atoms with Crippen LogP contribution in [-0.4, -0.2) is 37.4 Å². The average Bonchev–Trinajstić information content (AvgIpc) is 2.39. The fraction of sp³-hybridized carbons (Fsp3) is 0.500. The molecule has 1 heterocycles. The molecule has 0 spiro atoms. The second-order valence-electron chi connectivity index (χ2n) is 4.82. The summed E-state index contributed by atoms with van der Waals surface area (Å²) in [4.78, 5) is 13.2. The molecule has 1 aromatic carbocycles. The van der Waals surface area contributed by atoms with Crippen LogP contribution in [0.2, 0.25) is 5.02 Å². The minimum absolute atomic E-state index is 0.418. The van der Waals surface area contributed by atoms with Gasteiger partial charge in [0.15, 0.2) is 0 Å². The van der Waals surface area contributed by atoms with E-state index in [2.05, 4.69) is 4.90 Å². The summed E-state index contributed by atoms with van der Waals surface area (Å²) in [5.74, 6) is -1.20. The van der Waals surface area contributed by atoms with Crippen LogP contribution in [0.1, 0.15) is 12.5 Å². The van der Waals surface area contributed by atoms with E-state index < -0.39 is 11.9 Å². The predicted molar refractivity (Wildman–Crippen MR) is 75.0 cm³/mol. The number of aliphatic carboxylic acids is 1. The van der Waals surface area contributed by atoms with E-state index in [1.54, 1.807) is 6.92 Å². The zero-order chi connectivity index (χ0) is 13.8. The SMILES string of the molecule is CC(Cc1cc(Cl)ccc1N1CCOCC1)C(=O)O. The summed E-state index contributed by atoms with van der Waals surface area (Å²) in [6.45, 7) is 4.78. The van der Waals surface area contributed by atoms with E-state index in [0.29, 0.717) is 24.7 Å². The number of benzene rings is 1. The quantitative estimate of drug-likeness (QED) is 0.922. The van der Waals surface area contributed by atoms with Gasteiger partial charge in [0.05, 0.1) is 19.1 Å². The zero-order valence-electron chi connectivity index (χ0n) is 10.9. The van der Waals surface area contributed by atoms with Crippen molar-refractivity contribution in [2.45, 2.75) is 13.3 Å². The van der Waals surface area contributed by atoms with Crippen LogP contribution in [0.25, 0.3) is 0 Å². The number of nitrogens with zero attached hydrogens (tertiary/aromatic N) is 1. The number of ether oxygens (including phenoxy) is 1. The minimum atomic E-state index is -0.784. The summed E-state index contributed by atoms with van der Waals surface area (Å²) >= 11 is 6.03. The van der Waals surface area contributed by atoms with Gasteiger partial charge in [-0.2, -0.15) is 0 Å². The van der Waals surface area contributed by atoms with Crippen LogP contribution in [0.5, 0.6) is 0 Å². The number of rotatable bonds is 4. The molecule has 2 rings (SSSR count). The van der Waals surface area contributed by atoms with Crippen LogP contribution >= 0.6 is 11.6 Å². The second kappa shape index (κ2) is 6.26. The molecule has 1 saturated heterocycles. The number of carbonyl (C=O) groups is 1. The van der Waals surface area contributed by atoms with Gasteiger partial charge in [-0.15, -0.1) is 0 Å². The smallest absolute Gasteiger partial charge is 0.306 e. The Labute approximate surface area is 117 Å². The minimum Gasteiger partial charge on any atom is -0.481 e. The summed E-state index contributed by atoms with van der Waals surface area (Å²) in [6.07, 6.45) is 0.489. The molecule has 0 radical (unpaired) electrons. The molecule has 0 bridgehead atoms. The van der Waals surface area contributed by atoms with Crippen LogP contribution in [-0.2, 0) is 16.0 Å². The van der Waals surface area contributed by atoms with E-state index in [9.17, 15) is 4.79 Å². The molecule has 1 aliphatic rings. The predicted octanol–water partition coefficient (Wildman–Crippen LogP) is 2.44. The van der Waals surface area contributed by atoms with Gasteiger partial charge in [-0.3, -0.25) is 4.79 Å². The van der Waals surface area contributed by atoms with Gasteiger partial charge in [-0.25, -0.2) is 0 Å². The number of halogens is 1. The molecule has 1 atom stereocenters. The third-order valence-corrected chi connectivity index (χ3v) is 3.58. The largest absolute Gasteiger partial charge is 0.481 e. The Morgan fingerprint density at radius 1 is 1.47 bits per heavy atom. The molecule has 1 N–H and O–H groups in total. The lowest BCUT2D eigenvalue weighted by atomic mass is 9.99. The van der Waals surface area contributed by atoms with Gasteiger partial charge in [0.1, 0.15) is 0 Å². The number of hydrogen-bond acceptors (Lipinski definition) is 3. The Bertz CT molecular complexity index is 458. The first-order valence-corrected chi connectivity index (χ1v) is 6.79. The van der Waals surface area contributed by atoms with E-state index in [0.717, 1.165) is 24.3 Å². The topological polar surface area (TPSA) is 49.8 Å². The number of hydrogen-bond donors (Lipinski definition) is 1. The Balaban J connectivity index is 2.24. The summed E-state index contributed by atoms with van der Waals surface area (Å²) in [7, 11) is 0. The Morgan fingerprint density at radius 2 is 2.16 bits per heavy atom. The number of carboxylic acids is 1. The third-order valence-electron chi connectivity index (χ3n) is 3.34. The summed E-state index contributed by atoms with van der Waals surface area (Å²) < 4.78 is 5.34. The molecule has 1 aliphatic heterocycles. The maximum atomic E-state index is 11.0. The van der Waals surface area contributed by atoms with E-state index >= 15 is 0 Å². The van der Waals surface area contributed by atoms with Crippen molar-refractivity contribution in [2.75, 3.05) is 31.2 Å². The lowest BCUT2D eigenvalue weighted by Gasteiger charge is -2.31. The zero-order valence-corrected chi connectivity index (χ0v) is 11.7. The standard InChI is InChI=1S/C14H18ClNO3/c1-10(14(17)18)8-11-9-12(15)2-3-13(11)16-4-6-19-7-5-16/h2-3,9-10H,4-8H2,1H3,(H,17,18). The first kappa shape index (κ1) is 14.2.